The summed E-state index contributed by atoms with van der Waals surface area (Å²) in [6, 6.07) is 18.5. The molecule has 1 aliphatic heterocycles. The van der Waals surface area contributed by atoms with Crippen molar-refractivity contribution in [1.29, 1.82) is 0 Å². The van der Waals surface area contributed by atoms with Crippen LogP contribution in [0.3, 0.4) is 0 Å². The smallest absolute Gasteiger partial charge is 0.134 e. The van der Waals surface area contributed by atoms with Crippen LogP contribution in [0.15, 0.2) is 54.6 Å². The van der Waals surface area contributed by atoms with Gasteiger partial charge in [-0.05, 0) is 24.1 Å². The van der Waals surface area contributed by atoms with Crippen molar-refractivity contribution in [2.45, 2.75) is 19.6 Å². The fraction of sp³-hybridized carbons (Fsp3) is 0.176. The molecule has 2 aromatic carbocycles. The van der Waals surface area contributed by atoms with E-state index in [0.29, 0.717) is 6.61 Å². The highest BCUT2D eigenvalue weighted by Gasteiger charge is 2.23. The summed E-state index contributed by atoms with van der Waals surface area (Å²) < 4.78 is 7.70. The maximum absolute atomic E-state index is 5.71. The molecule has 4 rings (SSSR count). The van der Waals surface area contributed by atoms with Crippen molar-refractivity contribution in [2.75, 3.05) is 0 Å². The van der Waals surface area contributed by atoms with E-state index in [9.17, 15) is 0 Å². The molecule has 0 amide bonds. The summed E-state index contributed by atoms with van der Waals surface area (Å²) in [6.45, 7) is 1.32. The van der Waals surface area contributed by atoms with Crippen molar-refractivity contribution in [1.82, 2.24) is 15.0 Å². The zero-order valence-corrected chi connectivity index (χ0v) is 11.6. The van der Waals surface area contributed by atoms with Gasteiger partial charge in [-0.3, -0.25) is 0 Å². The highest BCUT2D eigenvalue weighted by Crippen LogP contribution is 2.36. The van der Waals surface area contributed by atoms with Gasteiger partial charge in [0.1, 0.15) is 18.1 Å². The molecule has 0 saturated heterocycles. The molecule has 0 fully saturated rings. The number of rotatable bonds is 3. The van der Waals surface area contributed by atoms with E-state index < -0.39 is 0 Å². The van der Waals surface area contributed by atoms with Crippen molar-refractivity contribution >= 4 is 0 Å². The van der Waals surface area contributed by atoms with Gasteiger partial charge >= 0.3 is 0 Å². The number of para-hydroxylation sites is 1. The number of fused-ring (bicyclic) bond motifs is 3. The van der Waals surface area contributed by atoms with Crippen LogP contribution >= 0.6 is 0 Å². The monoisotopic (exact) mass is 277 g/mol. The minimum absolute atomic E-state index is 0.498. The molecule has 0 bridgehead atoms. The van der Waals surface area contributed by atoms with Gasteiger partial charge in [0, 0.05) is 12.1 Å². The number of aromatic nitrogens is 3. The van der Waals surface area contributed by atoms with Gasteiger partial charge in [0.25, 0.3) is 0 Å². The Hall–Kier alpha value is -2.62. The molecule has 0 N–H and O–H groups in total. The average Bonchev–Trinajstić information content (AvgIpc) is 2.97. The SMILES string of the molecule is c1ccc(CCn2nnc3c2-c2ccccc2OC3)cc1. The second kappa shape index (κ2) is 5.05. The molecule has 0 unspecified atom stereocenters. The van der Waals surface area contributed by atoms with Crippen LogP contribution in [0.2, 0.25) is 0 Å². The summed E-state index contributed by atoms with van der Waals surface area (Å²) in [5.74, 6) is 0.910. The molecule has 104 valence electrons. The van der Waals surface area contributed by atoms with Gasteiger partial charge in [0.15, 0.2) is 0 Å². The van der Waals surface area contributed by atoms with Gasteiger partial charge < -0.3 is 4.74 Å². The third kappa shape index (κ3) is 2.18. The number of ether oxygens (including phenoxy) is 1. The quantitative estimate of drug-likeness (QED) is 0.738. The molecular formula is C17H15N3O. The van der Waals surface area contributed by atoms with Crippen molar-refractivity contribution in [3.8, 4) is 17.0 Å². The van der Waals surface area contributed by atoms with Crippen LogP contribution in [0.4, 0.5) is 0 Å². The lowest BCUT2D eigenvalue weighted by molar-refractivity contribution is 0.297. The van der Waals surface area contributed by atoms with Gasteiger partial charge in [-0.1, -0.05) is 47.7 Å². The second-order valence-electron chi connectivity index (χ2n) is 5.13. The van der Waals surface area contributed by atoms with Crippen LogP contribution in [0.25, 0.3) is 11.3 Å². The first-order valence-electron chi connectivity index (χ1n) is 7.10. The van der Waals surface area contributed by atoms with E-state index >= 15 is 0 Å². The van der Waals surface area contributed by atoms with Gasteiger partial charge in [0.2, 0.25) is 0 Å². The van der Waals surface area contributed by atoms with Crippen molar-refractivity contribution in [3.63, 3.8) is 0 Å². The van der Waals surface area contributed by atoms with Crippen molar-refractivity contribution < 1.29 is 4.74 Å². The maximum atomic E-state index is 5.71. The van der Waals surface area contributed by atoms with Crippen LogP contribution in [0, 0.1) is 0 Å². The van der Waals surface area contributed by atoms with E-state index in [2.05, 4.69) is 40.6 Å². The van der Waals surface area contributed by atoms with Crippen molar-refractivity contribution in [2.24, 2.45) is 0 Å². The fourth-order valence-corrected chi connectivity index (χ4v) is 2.71. The Morgan fingerprint density at radius 2 is 1.81 bits per heavy atom. The molecule has 1 aromatic heterocycles. The Balaban J connectivity index is 1.66. The molecule has 0 aliphatic carbocycles. The van der Waals surface area contributed by atoms with Gasteiger partial charge in [0.05, 0.1) is 5.69 Å². The summed E-state index contributed by atoms with van der Waals surface area (Å²) in [7, 11) is 0. The molecule has 0 atom stereocenters. The largest absolute Gasteiger partial charge is 0.486 e. The van der Waals surface area contributed by atoms with Crippen LogP contribution < -0.4 is 4.74 Å². The Bertz CT molecular complexity index is 765. The van der Waals surface area contributed by atoms with Gasteiger partial charge in [-0.15, -0.1) is 5.10 Å². The highest BCUT2D eigenvalue weighted by molar-refractivity contribution is 5.70. The van der Waals surface area contributed by atoms with E-state index in [1.165, 1.54) is 5.56 Å². The highest BCUT2D eigenvalue weighted by atomic mass is 16.5. The van der Waals surface area contributed by atoms with E-state index in [1.807, 2.05) is 28.9 Å². The molecule has 0 saturated carbocycles. The van der Waals surface area contributed by atoms with Crippen LogP contribution in [-0.2, 0) is 19.6 Å². The van der Waals surface area contributed by atoms with E-state index in [1.54, 1.807) is 0 Å². The lowest BCUT2D eigenvalue weighted by Crippen LogP contribution is -2.10. The third-order valence-corrected chi connectivity index (χ3v) is 3.77. The fourth-order valence-electron chi connectivity index (χ4n) is 2.71. The first kappa shape index (κ1) is 12.1. The number of hydrogen-bond donors (Lipinski definition) is 0. The molecule has 2 heterocycles. The molecule has 0 spiro atoms. The zero-order valence-electron chi connectivity index (χ0n) is 11.6. The molecule has 1 aliphatic rings. The van der Waals surface area contributed by atoms with Gasteiger partial charge in [-0.2, -0.15) is 0 Å². The summed E-state index contributed by atoms with van der Waals surface area (Å²) in [5, 5.41) is 8.55. The summed E-state index contributed by atoms with van der Waals surface area (Å²) >= 11 is 0. The van der Waals surface area contributed by atoms with Crippen LogP contribution in [-0.4, -0.2) is 15.0 Å². The van der Waals surface area contributed by atoms with E-state index in [4.69, 9.17) is 4.74 Å². The topological polar surface area (TPSA) is 39.9 Å². The lowest BCUT2D eigenvalue weighted by Gasteiger charge is -2.17. The van der Waals surface area contributed by atoms with Crippen LogP contribution in [0.1, 0.15) is 11.3 Å². The second-order valence-corrected chi connectivity index (χ2v) is 5.13. The average molecular weight is 277 g/mol. The molecule has 4 heteroatoms. The Kier molecular flexibility index (Phi) is 2.92. The first-order chi connectivity index (χ1) is 10.4. The van der Waals surface area contributed by atoms with Crippen molar-refractivity contribution in [3.05, 3.63) is 65.9 Å². The normalized spacial score (nSPS) is 12.4. The number of aryl methyl sites for hydroxylation is 2. The van der Waals surface area contributed by atoms with Gasteiger partial charge in [-0.25, -0.2) is 4.68 Å². The molecular weight excluding hydrogens is 262 g/mol. The first-order valence-corrected chi connectivity index (χ1v) is 7.10. The number of nitrogens with zero attached hydrogens (tertiary/aromatic N) is 3. The summed E-state index contributed by atoms with van der Waals surface area (Å²) in [5.41, 5.74) is 4.40. The molecule has 0 radical (unpaired) electrons. The zero-order chi connectivity index (χ0) is 14.1. The lowest BCUT2D eigenvalue weighted by atomic mass is 10.1. The third-order valence-electron chi connectivity index (χ3n) is 3.77. The maximum Gasteiger partial charge on any atom is 0.134 e. The molecule has 4 nitrogen and oxygen atoms in total. The molecule has 3 aromatic rings. The van der Waals surface area contributed by atoms with E-state index in [-0.39, 0.29) is 0 Å². The summed E-state index contributed by atoms with van der Waals surface area (Å²) in [4.78, 5) is 0. The number of benzene rings is 2. The Morgan fingerprint density at radius 1 is 1.00 bits per heavy atom. The number of hydrogen-bond acceptors (Lipinski definition) is 3. The predicted molar refractivity (Wildman–Crippen MR) is 79.9 cm³/mol. The Morgan fingerprint density at radius 3 is 2.71 bits per heavy atom. The minimum Gasteiger partial charge on any atom is -0.486 e. The van der Waals surface area contributed by atoms with Crippen LogP contribution in [0.5, 0.6) is 5.75 Å². The van der Waals surface area contributed by atoms with E-state index in [0.717, 1.165) is 35.7 Å². The summed E-state index contributed by atoms with van der Waals surface area (Å²) in [6.07, 6.45) is 0.944. The minimum atomic E-state index is 0.498. The predicted octanol–water partition coefficient (Wildman–Crippen LogP) is 3.08. The molecule has 21 heavy (non-hydrogen) atoms. The standard InChI is InChI=1S/C17H15N3O/c1-2-6-13(7-3-1)10-11-20-17-14-8-4-5-9-16(14)21-12-15(17)18-19-20/h1-9H,10-12H2. The Labute approximate surface area is 123 Å².